The van der Waals surface area contributed by atoms with Crippen LogP contribution in [0.3, 0.4) is 0 Å². The van der Waals surface area contributed by atoms with E-state index in [2.05, 4.69) is 62.2 Å². The molecular formula is C17H21NS2. The van der Waals surface area contributed by atoms with Crippen molar-refractivity contribution < 1.29 is 0 Å². The third-order valence-corrected chi connectivity index (χ3v) is 6.39. The lowest BCUT2D eigenvalue weighted by atomic mass is 10.00. The average molecular weight is 303 g/mol. The molecule has 0 fully saturated rings. The van der Waals surface area contributed by atoms with Crippen LogP contribution in [0.4, 0.5) is 0 Å². The second kappa shape index (κ2) is 5.92. The molecule has 3 rings (SSSR count). The molecule has 1 N–H and O–H groups in total. The first-order chi connectivity index (χ1) is 9.69. The molecule has 0 bridgehead atoms. The summed E-state index contributed by atoms with van der Waals surface area (Å²) in [5, 5.41) is 3.49. The maximum atomic E-state index is 3.49. The van der Waals surface area contributed by atoms with E-state index < -0.39 is 0 Å². The van der Waals surface area contributed by atoms with Crippen LogP contribution in [0.1, 0.15) is 38.0 Å². The highest BCUT2D eigenvalue weighted by Gasteiger charge is 2.19. The van der Waals surface area contributed by atoms with E-state index in [1.54, 1.807) is 10.4 Å². The molecule has 0 amide bonds. The van der Waals surface area contributed by atoms with Gasteiger partial charge >= 0.3 is 0 Å². The van der Waals surface area contributed by atoms with Crippen molar-refractivity contribution in [3.05, 3.63) is 56.3 Å². The summed E-state index contributed by atoms with van der Waals surface area (Å²) in [6.45, 7) is 4.37. The Morgan fingerprint density at radius 3 is 2.70 bits per heavy atom. The van der Waals surface area contributed by atoms with Crippen molar-refractivity contribution in [1.82, 2.24) is 5.32 Å². The first kappa shape index (κ1) is 14.2. The van der Waals surface area contributed by atoms with Crippen molar-refractivity contribution in [2.75, 3.05) is 12.8 Å². The topological polar surface area (TPSA) is 12.0 Å². The zero-order chi connectivity index (χ0) is 14.1. The lowest BCUT2D eigenvalue weighted by Gasteiger charge is -2.16. The van der Waals surface area contributed by atoms with Crippen LogP contribution in [0.15, 0.2) is 24.3 Å². The monoisotopic (exact) mass is 303 g/mol. The predicted octanol–water partition coefficient (Wildman–Crippen LogP) is 4.46. The summed E-state index contributed by atoms with van der Waals surface area (Å²) >= 11 is 4.05. The summed E-state index contributed by atoms with van der Waals surface area (Å²) in [4.78, 5) is 3.06. The first-order valence-electron chi connectivity index (χ1n) is 7.12. The van der Waals surface area contributed by atoms with Crippen LogP contribution in [0, 0.1) is 13.8 Å². The number of aryl methyl sites for hydroxylation is 3. The lowest BCUT2D eigenvalue weighted by molar-refractivity contribution is 0.702. The molecule has 1 aliphatic heterocycles. The van der Waals surface area contributed by atoms with Gasteiger partial charge in [-0.3, -0.25) is 0 Å². The third-order valence-electron chi connectivity index (χ3n) is 4.08. The van der Waals surface area contributed by atoms with E-state index in [9.17, 15) is 0 Å². The van der Waals surface area contributed by atoms with Crippen molar-refractivity contribution in [3.8, 4) is 0 Å². The van der Waals surface area contributed by atoms with Crippen LogP contribution in [0.5, 0.6) is 0 Å². The van der Waals surface area contributed by atoms with E-state index in [1.165, 1.54) is 39.5 Å². The van der Waals surface area contributed by atoms with Gasteiger partial charge in [0, 0.05) is 15.5 Å². The van der Waals surface area contributed by atoms with Crippen LogP contribution in [0.25, 0.3) is 0 Å². The van der Waals surface area contributed by atoms with Gasteiger partial charge in [0.15, 0.2) is 0 Å². The average Bonchev–Trinajstić information content (AvgIpc) is 2.87. The van der Waals surface area contributed by atoms with E-state index in [-0.39, 0.29) is 0 Å². The van der Waals surface area contributed by atoms with Crippen molar-refractivity contribution >= 4 is 23.1 Å². The number of hydrogen-bond acceptors (Lipinski definition) is 3. The summed E-state index contributed by atoms with van der Waals surface area (Å²) in [5.74, 6) is 2.47. The molecule has 1 aliphatic rings. The number of thioether (sulfide) groups is 1. The van der Waals surface area contributed by atoms with E-state index in [4.69, 9.17) is 0 Å². The Hall–Kier alpha value is -0.770. The van der Waals surface area contributed by atoms with Gasteiger partial charge in [-0.15, -0.1) is 11.3 Å². The van der Waals surface area contributed by atoms with E-state index in [1.807, 2.05) is 11.3 Å². The van der Waals surface area contributed by atoms with Crippen molar-refractivity contribution in [2.24, 2.45) is 0 Å². The first-order valence-corrected chi connectivity index (χ1v) is 9.10. The highest BCUT2D eigenvalue weighted by molar-refractivity contribution is 7.98. The normalized spacial score (nSPS) is 15.9. The zero-order valence-corrected chi connectivity index (χ0v) is 14.0. The molecule has 2 heterocycles. The molecule has 20 heavy (non-hydrogen) atoms. The van der Waals surface area contributed by atoms with Crippen LogP contribution in [0.2, 0.25) is 0 Å². The number of nitrogens with one attached hydrogen (secondary N) is 1. The molecule has 3 heteroatoms. The third kappa shape index (κ3) is 2.67. The molecular weight excluding hydrogens is 282 g/mol. The Kier molecular flexibility index (Phi) is 4.20. The minimum atomic E-state index is 0.329. The fraction of sp³-hybridized carbons (Fsp3) is 0.412. The van der Waals surface area contributed by atoms with Gasteiger partial charge in [0.05, 0.1) is 6.04 Å². The Morgan fingerprint density at radius 2 is 2.00 bits per heavy atom. The maximum Gasteiger partial charge on any atom is 0.0668 e. The molecule has 0 saturated carbocycles. The van der Waals surface area contributed by atoms with Gasteiger partial charge in [-0.2, -0.15) is 11.8 Å². The van der Waals surface area contributed by atoms with Crippen LogP contribution in [-0.2, 0) is 12.2 Å². The second-order valence-electron chi connectivity index (χ2n) is 5.47. The molecule has 1 atom stereocenters. The maximum absolute atomic E-state index is 3.49. The van der Waals surface area contributed by atoms with E-state index >= 15 is 0 Å². The second-order valence-corrected chi connectivity index (χ2v) is 7.74. The molecule has 1 aromatic carbocycles. The van der Waals surface area contributed by atoms with Gasteiger partial charge in [-0.25, -0.2) is 0 Å². The molecule has 1 nitrogen and oxygen atoms in total. The smallest absolute Gasteiger partial charge is 0.0668 e. The number of benzene rings is 1. The number of thiophene rings is 1. The minimum Gasteiger partial charge on any atom is -0.309 e. The molecule has 1 aromatic heterocycles. The van der Waals surface area contributed by atoms with Crippen LogP contribution in [-0.4, -0.2) is 12.8 Å². The highest BCUT2D eigenvalue weighted by Crippen LogP contribution is 2.36. The Bertz CT molecular complexity index is 592. The molecule has 0 spiro atoms. The van der Waals surface area contributed by atoms with Crippen molar-refractivity contribution in [2.45, 2.75) is 32.1 Å². The predicted molar refractivity (Wildman–Crippen MR) is 91.0 cm³/mol. The van der Waals surface area contributed by atoms with E-state index in [0.29, 0.717) is 6.04 Å². The summed E-state index contributed by atoms with van der Waals surface area (Å²) in [6, 6.07) is 9.57. The summed E-state index contributed by atoms with van der Waals surface area (Å²) in [5.41, 5.74) is 5.68. The van der Waals surface area contributed by atoms with Crippen molar-refractivity contribution in [3.63, 3.8) is 0 Å². The number of hydrogen-bond donors (Lipinski definition) is 1. The quantitative estimate of drug-likeness (QED) is 0.898. The highest BCUT2D eigenvalue weighted by atomic mass is 32.2. The van der Waals surface area contributed by atoms with Gasteiger partial charge in [0.2, 0.25) is 0 Å². The van der Waals surface area contributed by atoms with Crippen molar-refractivity contribution in [1.29, 1.82) is 0 Å². The van der Waals surface area contributed by atoms with Gasteiger partial charge < -0.3 is 5.32 Å². The summed E-state index contributed by atoms with van der Waals surface area (Å²) < 4.78 is 0. The number of fused-ring (bicyclic) bond motifs is 1. The molecule has 0 aliphatic carbocycles. The fourth-order valence-electron chi connectivity index (χ4n) is 2.73. The molecule has 0 radical (unpaired) electrons. The molecule has 106 valence electrons. The largest absolute Gasteiger partial charge is 0.309 e. The fourth-order valence-corrected chi connectivity index (χ4v) is 5.24. The summed E-state index contributed by atoms with van der Waals surface area (Å²) in [7, 11) is 2.06. The zero-order valence-electron chi connectivity index (χ0n) is 12.3. The Morgan fingerprint density at radius 1 is 1.15 bits per heavy atom. The van der Waals surface area contributed by atoms with Gasteiger partial charge in [0.25, 0.3) is 0 Å². The van der Waals surface area contributed by atoms with E-state index in [0.717, 1.165) is 0 Å². The molecule has 1 unspecified atom stereocenters. The lowest BCUT2D eigenvalue weighted by Crippen LogP contribution is -2.16. The van der Waals surface area contributed by atoms with Gasteiger partial charge in [-0.1, -0.05) is 18.2 Å². The Labute approximate surface area is 129 Å². The number of rotatable bonds is 3. The SMILES string of the molecule is CNC(c1ccc(C)c(C)c1)c1cc2c(s1)CCSC2. The van der Waals surface area contributed by atoms with Gasteiger partial charge in [0.1, 0.15) is 0 Å². The van der Waals surface area contributed by atoms with Crippen LogP contribution < -0.4 is 5.32 Å². The standard InChI is InChI=1S/C17H21NS2/c1-11-4-5-13(8-12(11)2)17(18-3)16-9-14-10-19-7-6-15(14)20-16/h4-5,8-9,17-18H,6-7,10H2,1-3H3. The summed E-state index contributed by atoms with van der Waals surface area (Å²) in [6.07, 6.45) is 1.24. The Balaban J connectivity index is 1.96. The molecule has 2 aromatic rings. The van der Waals surface area contributed by atoms with Gasteiger partial charge in [-0.05, 0) is 61.4 Å². The molecule has 0 saturated heterocycles. The minimum absolute atomic E-state index is 0.329. The van der Waals surface area contributed by atoms with Crippen LogP contribution >= 0.6 is 23.1 Å².